The summed E-state index contributed by atoms with van der Waals surface area (Å²) in [4.78, 5) is 6.48. The Morgan fingerprint density at radius 2 is 2.06 bits per heavy atom. The Kier molecular flexibility index (Phi) is 6.04. The molecule has 0 saturated heterocycles. The van der Waals surface area contributed by atoms with Gasteiger partial charge in [-0.05, 0) is 49.7 Å². The summed E-state index contributed by atoms with van der Waals surface area (Å²) in [6.45, 7) is 8.41. The Morgan fingerprint density at radius 3 is 2.62 bits per heavy atom. The average molecular weight is 221 g/mol. The normalized spacial score (nSPS) is 13.0. The Balaban J connectivity index is 2.37. The lowest BCUT2D eigenvalue weighted by molar-refractivity contribution is 0.260. The fourth-order valence-corrected chi connectivity index (χ4v) is 1.62. The summed E-state index contributed by atoms with van der Waals surface area (Å²) >= 11 is 0. The predicted octanol–water partition coefficient (Wildman–Crippen LogP) is 1.89. The highest BCUT2D eigenvalue weighted by Crippen LogP contribution is 2.06. The van der Waals surface area contributed by atoms with Crippen LogP contribution in [0.4, 0.5) is 0 Å². The molecular weight excluding hydrogens is 198 g/mol. The Labute approximate surface area is 98.7 Å². The molecule has 0 aliphatic carbocycles. The van der Waals surface area contributed by atoms with E-state index in [1.54, 1.807) is 0 Å². The van der Waals surface area contributed by atoms with E-state index in [2.05, 4.69) is 35.9 Å². The number of aromatic nitrogens is 1. The van der Waals surface area contributed by atoms with Crippen LogP contribution in [0.2, 0.25) is 0 Å². The number of rotatable bonds is 7. The van der Waals surface area contributed by atoms with Crippen LogP contribution in [0.15, 0.2) is 24.5 Å². The van der Waals surface area contributed by atoms with Crippen molar-refractivity contribution in [1.82, 2.24) is 9.88 Å². The second-order valence-corrected chi connectivity index (χ2v) is 4.35. The van der Waals surface area contributed by atoms with Gasteiger partial charge in [0.15, 0.2) is 0 Å². The minimum absolute atomic E-state index is 0.617. The molecule has 1 aromatic heterocycles. The number of nitrogens with two attached hydrogens (primary N) is 1. The lowest BCUT2D eigenvalue weighted by Gasteiger charge is -2.21. The summed E-state index contributed by atoms with van der Waals surface area (Å²) < 4.78 is 0. The molecule has 0 radical (unpaired) electrons. The molecule has 0 bridgehead atoms. The van der Waals surface area contributed by atoms with Gasteiger partial charge in [-0.25, -0.2) is 0 Å². The van der Waals surface area contributed by atoms with Crippen molar-refractivity contribution in [3.63, 3.8) is 0 Å². The molecule has 90 valence electrons. The van der Waals surface area contributed by atoms with Gasteiger partial charge in [0.1, 0.15) is 0 Å². The van der Waals surface area contributed by atoms with Gasteiger partial charge in [-0.15, -0.1) is 0 Å². The van der Waals surface area contributed by atoms with E-state index in [4.69, 9.17) is 5.73 Å². The third-order valence-electron chi connectivity index (χ3n) is 2.94. The Hall–Kier alpha value is -0.930. The molecule has 3 heteroatoms. The monoisotopic (exact) mass is 221 g/mol. The molecule has 3 nitrogen and oxygen atoms in total. The first-order valence-electron chi connectivity index (χ1n) is 6.07. The highest BCUT2D eigenvalue weighted by molar-refractivity contribution is 5.09. The zero-order valence-electron chi connectivity index (χ0n) is 10.4. The summed E-state index contributed by atoms with van der Waals surface area (Å²) in [5.41, 5.74) is 6.96. The van der Waals surface area contributed by atoms with Crippen molar-refractivity contribution in [2.45, 2.75) is 26.8 Å². The molecule has 2 N–H and O–H groups in total. The molecule has 0 aliphatic rings. The van der Waals surface area contributed by atoms with Crippen LogP contribution in [0.25, 0.3) is 0 Å². The second-order valence-electron chi connectivity index (χ2n) is 4.35. The molecule has 1 aromatic rings. The predicted molar refractivity (Wildman–Crippen MR) is 68.0 cm³/mol. The number of nitrogens with zero attached hydrogens (tertiary/aromatic N) is 2. The van der Waals surface area contributed by atoms with Crippen molar-refractivity contribution in [1.29, 1.82) is 0 Å². The SMILES string of the molecule is CCN(CCC(C)CN)Cc1ccncc1. The molecule has 1 atom stereocenters. The van der Waals surface area contributed by atoms with Crippen molar-refractivity contribution in [3.05, 3.63) is 30.1 Å². The lowest BCUT2D eigenvalue weighted by Crippen LogP contribution is -2.26. The largest absolute Gasteiger partial charge is 0.330 e. The molecule has 1 heterocycles. The van der Waals surface area contributed by atoms with Gasteiger partial charge in [0, 0.05) is 18.9 Å². The van der Waals surface area contributed by atoms with E-state index in [1.807, 2.05) is 12.4 Å². The number of hydrogen-bond acceptors (Lipinski definition) is 3. The fourth-order valence-electron chi connectivity index (χ4n) is 1.62. The van der Waals surface area contributed by atoms with Gasteiger partial charge in [0.2, 0.25) is 0 Å². The van der Waals surface area contributed by atoms with Crippen LogP contribution in [0.5, 0.6) is 0 Å². The van der Waals surface area contributed by atoms with E-state index in [-0.39, 0.29) is 0 Å². The van der Waals surface area contributed by atoms with Crippen molar-refractivity contribution in [2.24, 2.45) is 11.7 Å². The molecule has 0 amide bonds. The van der Waals surface area contributed by atoms with E-state index >= 15 is 0 Å². The van der Waals surface area contributed by atoms with Gasteiger partial charge >= 0.3 is 0 Å². The van der Waals surface area contributed by atoms with Crippen molar-refractivity contribution < 1.29 is 0 Å². The number of pyridine rings is 1. The summed E-state index contributed by atoms with van der Waals surface area (Å²) in [6.07, 6.45) is 4.88. The van der Waals surface area contributed by atoms with E-state index in [1.165, 1.54) is 12.0 Å². The lowest BCUT2D eigenvalue weighted by atomic mass is 10.1. The van der Waals surface area contributed by atoms with Crippen LogP contribution in [-0.4, -0.2) is 29.5 Å². The molecule has 0 aliphatic heterocycles. The van der Waals surface area contributed by atoms with Crippen LogP contribution in [0.1, 0.15) is 25.8 Å². The zero-order chi connectivity index (χ0) is 11.8. The van der Waals surface area contributed by atoms with E-state index in [0.717, 1.165) is 26.2 Å². The maximum Gasteiger partial charge on any atom is 0.0271 e. The topological polar surface area (TPSA) is 42.1 Å². The smallest absolute Gasteiger partial charge is 0.0271 e. The first-order valence-corrected chi connectivity index (χ1v) is 6.07. The zero-order valence-corrected chi connectivity index (χ0v) is 10.4. The van der Waals surface area contributed by atoms with Crippen molar-refractivity contribution >= 4 is 0 Å². The number of hydrogen-bond donors (Lipinski definition) is 1. The van der Waals surface area contributed by atoms with Crippen LogP contribution < -0.4 is 5.73 Å². The second kappa shape index (κ2) is 7.36. The fraction of sp³-hybridized carbons (Fsp3) is 0.615. The molecule has 0 aromatic carbocycles. The summed E-state index contributed by atoms with van der Waals surface area (Å²) in [7, 11) is 0. The third kappa shape index (κ3) is 4.73. The highest BCUT2D eigenvalue weighted by atomic mass is 15.1. The van der Waals surface area contributed by atoms with Crippen LogP contribution in [-0.2, 0) is 6.54 Å². The Bertz CT molecular complexity index is 274. The van der Waals surface area contributed by atoms with Crippen LogP contribution >= 0.6 is 0 Å². The molecule has 0 fully saturated rings. The molecule has 0 saturated carbocycles. The summed E-state index contributed by atoms with van der Waals surface area (Å²) in [6, 6.07) is 4.16. The van der Waals surface area contributed by atoms with Gasteiger partial charge < -0.3 is 5.73 Å². The van der Waals surface area contributed by atoms with Crippen molar-refractivity contribution in [3.8, 4) is 0 Å². The highest BCUT2D eigenvalue weighted by Gasteiger charge is 2.06. The maximum atomic E-state index is 5.63. The standard InChI is InChI=1S/C13H23N3/c1-3-16(9-6-12(2)10-14)11-13-4-7-15-8-5-13/h4-5,7-8,12H,3,6,9-11,14H2,1-2H3. The minimum atomic E-state index is 0.617. The van der Waals surface area contributed by atoms with Crippen LogP contribution in [0, 0.1) is 5.92 Å². The maximum absolute atomic E-state index is 5.63. The molecular formula is C13H23N3. The molecule has 16 heavy (non-hydrogen) atoms. The first-order chi connectivity index (χ1) is 7.76. The molecule has 1 unspecified atom stereocenters. The van der Waals surface area contributed by atoms with Gasteiger partial charge in [0.25, 0.3) is 0 Å². The Morgan fingerprint density at radius 1 is 1.38 bits per heavy atom. The summed E-state index contributed by atoms with van der Waals surface area (Å²) in [5.74, 6) is 0.617. The first kappa shape index (κ1) is 13.1. The minimum Gasteiger partial charge on any atom is -0.330 e. The van der Waals surface area contributed by atoms with Crippen molar-refractivity contribution in [2.75, 3.05) is 19.6 Å². The quantitative estimate of drug-likeness (QED) is 0.764. The van der Waals surface area contributed by atoms with Gasteiger partial charge in [-0.1, -0.05) is 13.8 Å². The van der Waals surface area contributed by atoms with Crippen LogP contribution in [0.3, 0.4) is 0 Å². The van der Waals surface area contributed by atoms with E-state index in [9.17, 15) is 0 Å². The van der Waals surface area contributed by atoms with Gasteiger partial charge in [0.05, 0.1) is 0 Å². The molecule has 0 spiro atoms. The van der Waals surface area contributed by atoms with Gasteiger partial charge in [-0.3, -0.25) is 9.88 Å². The van der Waals surface area contributed by atoms with E-state index in [0.29, 0.717) is 5.92 Å². The average Bonchev–Trinajstić information content (AvgIpc) is 2.35. The molecule has 1 rings (SSSR count). The van der Waals surface area contributed by atoms with E-state index < -0.39 is 0 Å². The summed E-state index contributed by atoms with van der Waals surface area (Å²) in [5, 5.41) is 0. The van der Waals surface area contributed by atoms with Gasteiger partial charge in [-0.2, -0.15) is 0 Å². The third-order valence-corrected chi connectivity index (χ3v) is 2.94.